The third-order valence-electron chi connectivity index (χ3n) is 6.32. The molecule has 2 aromatic rings. The van der Waals surface area contributed by atoms with Crippen molar-refractivity contribution in [2.45, 2.75) is 62.6 Å². The zero-order valence-electron chi connectivity index (χ0n) is 20.2. The second kappa shape index (κ2) is 12.6. The summed E-state index contributed by atoms with van der Waals surface area (Å²) in [6.07, 6.45) is 4.27. The molecule has 0 radical (unpaired) electrons. The molecule has 11 heteroatoms. The number of carbonyl (C=O) groups is 2. The van der Waals surface area contributed by atoms with Crippen LogP contribution in [-0.4, -0.2) is 55.1 Å². The number of rotatable bonds is 10. The van der Waals surface area contributed by atoms with Gasteiger partial charge in [-0.15, -0.1) is 0 Å². The molecule has 0 aromatic heterocycles. The fraction of sp³-hybridized carbons (Fsp3) is 0.440. The number of likely N-dealkylation sites (N-methyl/N-ethyl adjacent to an activating group) is 1. The minimum atomic E-state index is -3.96. The van der Waals surface area contributed by atoms with Crippen molar-refractivity contribution in [1.82, 2.24) is 14.5 Å². The Hall–Kier alpha value is -1.84. The van der Waals surface area contributed by atoms with Gasteiger partial charge in [0.25, 0.3) is 0 Å². The van der Waals surface area contributed by atoms with Crippen LogP contribution >= 0.6 is 34.8 Å². The molecule has 1 saturated carbocycles. The van der Waals surface area contributed by atoms with Crippen molar-refractivity contribution in [3.63, 3.8) is 0 Å². The molecule has 36 heavy (non-hydrogen) atoms. The number of nitrogens with zero attached hydrogens (tertiary/aromatic N) is 2. The van der Waals surface area contributed by atoms with Gasteiger partial charge in [0.1, 0.15) is 6.04 Å². The minimum absolute atomic E-state index is 0.0144. The molecule has 0 aliphatic heterocycles. The van der Waals surface area contributed by atoms with Crippen molar-refractivity contribution in [1.29, 1.82) is 0 Å². The van der Waals surface area contributed by atoms with Crippen LogP contribution in [0.5, 0.6) is 0 Å². The van der Waals surface area contributed by atoms with Gasteiger partial charge in [0.2, 0.25) is 21.8 Å². The van der Waals surface area contributed by atoms with Crippen LogP contribution in [0.4, 0.5) is 0 Å². The fourth-order valence-electron chi connectivity index (χ4n) is 4.27. The van der Waals surface area contributed by atoms with Crippen LogP contribution in [0.3, 0.4) is 0 Å². The van der Waals surface area contributed by atoms with Crippen LogP contribution in [0.2, 0.25) is 15.1 Å². The Morgan fingerprint density at radius 3 is 2.22 bits per heavy atom. The number of halogens is 3. The molecule has 0 unspecified atom stereocenters. The normalized spacial score (nSPS) is 15.2. The summed E-state index contributed by atoms with van der Waals surface area (Å²) in [5.41, 5.74) is 0.602. The fourth-order valence-corrected chi connectivity index (χ4v) is 5.99. The van der Waals surface area contributed by atoms with Crippen molar-refractivity contribution in [3.8, 4) is 0 Å². The van der Waals surface area contributed by atoms with Gasteiger partial charge in [-0.05, 0) is 61.2 Å². The average molecular weight is 575 g/mol. The number of hydrogen-bond acceptors (Lipinski definition) is 4. The van der Waals surface area contributed by atoms with E-state index in [1.54, 1.807) is 18.2 Å². The lowest BCUT2D eigenvalue weighted by Gasteiger charge is -2.33. The highest BCUT2D eigenvalue weighted by molar-refractivity contribution is 7.89. The lowest BCUT2D eigenvalue weighted by Crippen LogP contribution is -2.53. The van der Waals surface area contributed by atoms with Crippen molar-refractivity contribution < 1.29 is 18.0 Å². The van der Waals surface area contributed by atoms with Gasteiger partial charge in [0, 0.05) is 34.7 Å². The highest BCUT2D eigenvalue weighted by atomic mass is 35.5. The SMILES string of the molecule is CC[C@H](C(=O)NC1CCCC1)N(Cc1ccc(Cl)cc1Cl)C(=O)CN(C)S(=O)(=O)c1ccc(Cl)cc1. The summed E-state index contributed by atoms with van der Waals surface area (Å²) in [7, 11) is -2.63. The number of nitrogens with one attached hydrogen (secondary N) is 1. The van der Waals surface area contributed by atoms with Crippen LogP contribution in [0, 0.1) is 0 Å². The summed E-state index contributed by atoms with van der Waals surface area (Å²) >= 11 is 18.3. The summed E-state index contributed by atoms with van der Waals surface area (Å²) in [6.45, 7) is 1.39. The Balaban J connectivity index is 1.86. The predicted octanol–water partition coefficient (Wildman–Crippen LogP) is 5.13. The van der Waals surface area contributed by atoms with E-state index in [-0.39, 0.29) is 23.4 Å². The molecular weight excluding hydrogens is 545 g/mol. The van der Waals surface area contributed by atoms with E-state index in [1.165, 1.54) is 36.2 Å². The summed E-state index contributed by atoms with van der Waals surface area (Å²) < 4.78 is 27.1. The van der Waals surface area contributed by atoms with E-state index >= 15 is 0 Å². The van der Waals surface area contributed by atoms with E-state index in [0.717, 1.165) is 30.0 Å². The molecule has 1 aliphatic carbocycles. The van der Waals surface area contributed by atoms with E-state index in [4.69, 9.17) is 34.8 Å². The largest absolute Gasteiger partial charge is 0.352 e. The molecule has 0 bridgehead atoms. The zero-order chi connectivity index (χ0) is 26.5. The summed E-state index contributed by atoms with van der Waals surface area (Å²) in [5.74, 6) is -0.777. The maximum atomic E-state index is 13.6. The molecule has 3 rings (SSSR count). The van der Waals surface area contributed by atoms with E-state index in [9.17, 15) is 18.0 Å². The van der Waals surface area contributed by atoms with Crippen molar-refractivity contribution in [3.05, 3.63) is 63.1 Å². The summed E-state index contributed by atoms with van der Waals surface area (Å²) in [4.78, 5) is 28.2. The monoisotopic (exact) mass is 573 g/mol. The molecule has 0 spiro atoms. The quantitative estimate of drug-likeness (QED) is 0.426. The first-order chi connectivity index (χ1) is 17.0. The second-order valence-electron chi connectivity index (χ2n) is 8.89. The van der Waals surface area contributed by atoms with E-state index < -0.39 is 28.5 Å². The molecule has 2 amide bonds. The lowest BCUT2D eigenvalue weighted by atomic mass is 10.1. The molecule has 0 heterocycles. The molecule has 2 aromatic carbocycles. The molecule has 0 saturated heterocycles. The van der Waals surface area contributed by atoms with Crippen molar-refractivity contribution in [2.24, 2.45) is 0 Å². The first-order valence-corrected chi connectivity index (χ1v) is 14.4. The molecule has 196 valence electrons. The van der Waals surface area contributed by atoms with Crippen LogP contribution in [-0.2, 0) is 26.2 Å². The molecule has 1 N–H and O–H groups in total. The van der Waals surface area contributed by atoms with Crippen LogP contribution in [0.15, 0.2) is 47.4 Å². The van der Waals surface area contributed by atoms with Gasteiger partial charge in [0.15, 0.2) is 0 Å². The number of carbonyl (C=O) groups excluding carboxylic acids is 2. The van der Waals surface area contributed by atoms with Gasteiger partial charge in [-0.2, -0.15) is 4.31 Å². The number of sulfonamides is 1. The Morgan fingerprint density at radius 2 is 1.64 bits per heavy atom. The predicted molar refractivity (Wildman–Crippen MR) is 143 cm³/mol. The summed E-state index contributed by atoms with van der Waals surface area (Å²) in [6, 6.07) is 9.91. The van der Waals surface area contributed by atoms with Crippen LogP contribution in [0.1, 0.15) is 44.6 Å². The molecular formula is C25H30Cl3N3O4S. The lowest BCUT2D eigenvalue weighted by molar-refractivity contribution is -0.141. The molecule has 1 aliphatic rings. The third kappa shape index (κ3) is 7.13. The van der Waals surface area contributed by atoms with Gasteiger partial charge in [0.05, 0.1) is 11.4 Å². The maximum absolute atomic E-state index is 13.6. The zero-order valence-corrected chi connectivity index (χ0v) is 23.3. The van der Waals surface area contributed by atoms with Crippen molar-refractivity contribution in [2.75, 3.05) is 13.6 Å². The van der Waals surface area contributed by atoms with Crippen LogP contribution < -0.4 is 5.32 Å². The summed E-state index contributed by atoms with van der Waals surface area (Å²) in [5, 5.41) is 4.26. The first kappa shape index (κ1) is 28.7. The van der Waals surface area contributed by atoms with E-state index in [1.807, 2.05) is 6.92 Å². The second-order valence-corrected chi connectivity index (χ2v) is 12.2. The van der Waals surface area contributed by atoms with Gasteiger partial charge >= 0.3 is 0 Å². The number of benzene rings is 2. The van der Waals surface area contributed by atoms with E-state index in [0.29, 0.717) is 27.1 Å². The standard InChI is InChI=1S/C25H30Cl3N3O4S/c1-3-23(25(33)29-20-6-4-5-7-20)31(15-17-8-9-19(27)14-22(17)28)24(32)16-30(2)36(34,35)21-12-10-18(26)11-13-21/h8-14,20,23H,3-7,15-16H2,1-2H3,(H,29,33)/t23-/m1/s1. The Bertz CT molecular complexity index is 1190. The number of hydrogen-bond donors (Lipinski definition) is 1. The topological polar surface area (TPSA) is 86.8 Å². The number of amides is 2. The molecule has 1 atom stereocenters. The van der Waals surface area contributed by atoms with E-state index in [2.05, 4.69) is 5.32 Å². The van der Waals surface area contributed by atoms with Gasteiger partial charge in [-0.1, -0.05) is 60.6 Å². The minimum Gasteiger partial charge on any atom is -0.352 e. The average Bonchev–Trinajstić information content (AvgIpc) is 3.33. The first-order valence-electron chi connectivity index (χ1n) is 11.8. The Labute approximate surface area is 227 Å². The maximum Gasteiger partial charge on any atom is 0.243 e. The highest BCUT2D eigenvalue weighted by Crippen LogP contribution is 2.25. The van der Waals surface area contributed by atoms with Crippen LogP contribution in [0.25, 0.3) is 0 Å². The molecule has 1 fully saturated rings. The van der Waals surface area contributed by atoms with Gasteiger partial charge in [-0.3, -0.25) is 9.59 Å². The Kier molecular flexibility index (Phi) is 10.1. The third-order valence-corrected chi connectivity index (χ3v) is 8.98. The van der Waals surface area contributed by atoms with Gasteiger partial charge in [-0.25, -0.2) is 8.42 Å². The van der Waals surface area contributed by atoms with Gasteiger partial charge < -0.3 is 10.2 Å². The molecule has 7 nitrogen and oxygen atoms in total. The highest BCUT2D eigenvalue weighted by Gasteiger charge is 2.33. The smallest absolute Gasteiger partial charge is 0.243 e. The Morgan fingerprint density at radius 1 is 1.03 bits per heavy atom. The van der Waals surface area contributed by atoms with Crippen molar-refractivity contribution >= 4 is 56.6 Å².